The lowest BCUT2D eigenvalue weighted by Crippen LogP contribution is -2.62. The molecule has 2 aromatic rings. The Labute approximate surface area is 172 Å². The second-order valence-corrected chi connectivity index (χ2v) is 8.52. The number of hydrogen-bond acceptors (Lipinski definition) is 5. The molecule has 0 aromatic heterocycles. The first-order valence-electron chi connectivity index (χ1n) is 10.4. The number of benzene rings is 2. The monoisotopic (exact) mass is 394 g/mol. The van der Waals surface area contributed by atoms with Crippen molar-refractivity contribution in [2.75, 3.05) is 33.7 Å². The average Bonchev–Trinajstić information content (AvgIpc) is 2.76. The van der Waals surface area contributed by atoms with Crippen LogP contribution in [0.1, 0.15) is 24.0 Å². The van der Waals surface area contributed by atoms with E-state index in [1.807, 2.05) is 50.5 Å². The Bertz CT molecular complexity index is 777. The number of aliphatic hydroxyl groups is 1. The van der Waals surface area contributed by atoms with Crippen molar-refractivity contribution >= 4 is 5.97 Å². The molecule has 0 unspecified atom stereocenters. The minimum Gasteiger partial charge on any atom is -0.458 e. The second-order valence-electron chi connectivity index (χ2n) is 8.52. The summed E-state index contributed by atoms with van der Waals surface area (Å²) in [4.78, 5) is 18.1. The van der Waals surface area contributed by atoms with Crippen LogP contribution in [0.25, 0.3) is 0 Å². The maximum absolute atomic E-state index is 13.5. The largest absolute Gasteiger partial charge is 0.458 e. The van der Waals surface area contributed by atoms with E-state index in [2.05, 4.69) is 9.80 Å². The van der Waals surface area contributed by atoms with E-state index < -0.39 is 11.6 Å². The fourth-order valence-electron chi connectivity index (χ4n) is 4.84. The summed E-state index contributed by atoms with van der Waals surface area (Å²) < 4.78 is 6.16. The van der Waals surface area contributed by atoms with Gasteiger partial charge in [-0.15, -0.1) is 0 Å². The molecule has 2 aromatic carbocycles. The molecule has 0 aliphatic carbocycles. The molecule has 1 N–H and O–H groups in total. The number of rotatable bonds is 6. The number of fused-ring (bicyclic) bond motifs is 3. The van der Waals surface area contributed by atoms with E-state index >= 15 is 0 Å². The van der Waals surface area contributed by atoms with Gasteiger partial charge in [-0.2, -0.15) is 0 Å². The molecule has 5 rings (SSSR count). The minimum atomic E-state index is -1.82. The number of carbonyl (C=O) groups excluding carboxylic acids is 1. The summed E-state index contributed by atoms with van der Waals surface area (Å²) in [7, 11) is 4.10. The summed E-state index contributed by atoms with van der Waals surface area (Å²) in [5.41, 5.74) is -0.764. The van der Waals surface area contributed by atoms with E-state index in [-0.39, 0.29) is 12.1 Å². The highest BCUT2D eigenvalue weighted by molar-refractivity contribution is 5.85. The van der Waals surface area contributed by atoms with Gasteiger partial charge < -0.3 is 14.7 Å². The first-order chi connectivity index (χ1) is 14.0. The summed E-state index contributed by atoms with van der Waals surface area (Å²) >= 11 is 0. The lowest BCUT2D eigenvalue weighted by molar-refractivity contribution is -0.184. The molecule has 3 aliphatic heterocycles. The fraction of sp³-hybridized carbons (Fsp3) is 0.458. The van der Waals surface area contributed by atoms with Crippen LogP contribution in [0.15, 0.2) is 60.7 Å². The third-order valence-corrected chi connectivity index (χ3v) is 6.36. The highest BCUT2D eigenvalue weighted by atomic mass is 16.6. The number of nitrogens with zero attached hydrogens (tertiary/aromatic N) is 2. The van der Waals surface area contributed by atoms with Gasteiger partial charge in [-0.1, -0.05) is 60.7 Å². The first-order valence-corrected chi connectivity index (χ1v) is 10.4. The van der Waals surface area contributed by atoms with Gasteiger partial charge >= 0.3 is 5.97 Å². The van der Waals surface area contributed by atoms with Crippen molar-refractivity contribution < 1.29 is 14.6 Å². The molecule has 0 radical (unpaired) electrons. The SMILES string of the molecule is CN(C)C[C@H]1[C@@H](OC(=O)C(O)(c2ccccc2)c2ccccc2)C2CCN1CC2. The van der Waals surface area contributed by atoms with Gasteiger partial charge in [0.1, 0.15) is 6.10 Å². The van der Waals surface area contributed by atoms with Crippen molar-refractivity contribution in [3.8, 4) is 0 Å². The number of esters is 1. The molecular formula is C24H30N2O3. The molecule has 154 valence electrons. The maximum atomic E-state index is 13.5. The highest BCUT2D eigenvalue weighted by Crippen LogP contribution is 2.38. The summed E-state index contributed by atoms with van der Waals surface area (Å²) in [5.74, 6) is -0.234. The molecule has 5 heteroatoms. The number of piperidine rings is 3. The molecule has 3 fully saturated rings. The summed E-state index contributed by atoms with van der Waals surface area (Å²) in [5, 5.41) is 11.7. The van der Waals surface area contributed by atoms with E-state index in [9.17, 15) is 9.90 Å². The van der Waals surface area contributed by atoms with Crippen LogP contribution in [0.2, 0.25) is 0 Å². The van der Waals surface area contributed by atoms with Crippen LogP contribution >= 0.6 is 0 Å². The van der Waals surface area contributed by atoms with Crippen LogP contribution in [-0.2, 0) is 15.1 Å². The predicted octanol–water partition coefficient (Wildman–Crippen LogP) is 2.49. The molecular weight excluding hydrogens is 364 g/mol. The van der Waals surface area contributed by atoms with Crippen LogP contribution in [0.4, 0.5) is 0 Å². The van der Waals surface area contributed by atoms with Gasteiger partial charge in [0, 0.05) is 6.54 Å². The summed E-state index contributed by atoms with van der Waals surface area (Å²) in [6, 6.07) is 18.4. The smallest absolute Gasteiger partial charge is 0.348 e. The molecule has 3 heterocycles. The Morgan fingerprint density at radius 2 is 1.55 bits per heavy atom. The molecule has 5 nitrogen and oxygen atoms in total. The lowest BCUT2D eigenvalue weighted by atomic mass is 9.79. The van der Waals surface area contributed by atoms with Gasteiger partial charge in [0.25, 0.3) is 0 Å². The zero-order valence-corrected chi connectivity index (χ0v) is 17.2. The molecule has 29 heavy (non-hydrogen) atoms. The van der Waals surface area contributed by atoms with Gasteiger partial charge in [-0.05, 0) is 57.1 Å². The number of likely N-dealkylation sites (N-methyl/N-ethyl adjacent to an activating group) is 1. The van der Waals surface area contributed by atoms with Crippen LogP contribution in [0.3, 0.4) is 0 Å². The Morgan fingerprint density at radius 3 is 2.03 bits per heavy atom. The molecule has 3 aliphatic rings. The molecule has 0 saturated carbocycles. The summed E-state index contributed by atoms with van der Waals surface area (Å²) in [6.45, 7) is 2.95. The number of carbonyl (C=O) groups is 1. The van der Waals surface area contributed by atoms with Crippen molar-refractivity contribution in [2.45, 2.75) is 30.6 Å². The topological polar surface area (TPSA) is 53.0 Å². The Kier molecular flexibility index (Phi) is 5.72. The molecule has 2 atom stereocenters. The third kappa shape index (κ3) is 3.82. The van der Waals surface area contributed by atoms with Crippen LogP contribution in [0, 0.1) is 5.92 Å². The zero-order chi connectivity index (χ0) is 20.4. The molecule has 3 saturated heterocycles. The fourth-order valence-corrected chi connectivity index (χ4v) is 4.84. The average molecular weight is 395 g/mol. The van der Waals surface area contributed by atoms with Crippen LogP contribution < -0.4 is 0 Å². The lowest BCUT2D eigenvalue weighted by Gasteiger charge is -2.51. The minimum absolute atomic E-state index is 0.164. The number of hydrogen-bond donors (Lipinski definition) is 1. The first kappa shape index (κ1) is 20.1. The van der Waals surface area contributed by atoms with Crippen molar-refractivity contribution in [1.29, 1.82) is 0 Å². The normalized spacial score (nSPS) is 26.5. The standard InChI is InChI=1S/C24H30N2O3/c1-25(2)17-21-22(18-13-15-26(21)16-14-18)29-23(27)24(28,19-9-5-3-6-10-19)20-11-7-4-8-12-20/h3-12,18,21-22,28H,13-17H2,1-2H3/t21-,22-/m0/s1. The van der Waals surface area contributed by atoms with Crippen LogP contribution in [-0.4, -0.2) is 66.8 Å². The van der Waals surface area contributed by atoms with Crippen molar-refractivity contribution in [3.05, 3.63) is 71.8 Å². The number of ether oxygens (including phenoxy) is 1. The van der Waals surface area contributed by atoms with Gasteiger partial charge in [0.05, 0.1) is 6.04 Å². The Hall–Kier alpha value is -2.21. The van der Waals surface area contributed by atoms with Crippen molar-refractivity contribution in [1.82, 2.24) is 9.80 Å². The van der Waals surface area contributed by atoms with Crippen molar-refractivity contribution in [2.24, 2.45) is 5.92 Å². The van der Waals surface area contributed by atoms with E-state index in [1.165, 1.54) is 0 Å². The molecule has 0 amide bonds. The Balaban J connectivity index is 1.66. The maximum Gasteiger partial charge on any atom is 0.348 e. The van der Waals surface area contributed by atoms with E-state index in [1.54, 1.807) is 24.3 Å². The van der Waals surface area contributed by atoms with Crippen LogP contribution in [0.5, 0.6) is 0 Å². The Morgan fingerprint density at radius 1 is 1.03 bits per heavy atom. The van der Waals surface area contributed by atoms with Gasteiger partial charge in [-0.25, -0.2) is 4.79 Å². The quantitative estimate of drug-likeness (QED) is 0.763. The van der Waals surface area contributed by atoms with E-state index in [0.29, 0.717) is 17.0 Å². The van der Waals surface area contributed by atoms with Gasteiger partial charge in [0.15, 0.2) is 0 Å². The van der Waals surface area contributed by atoms with E-state index in [0.717, 1.165) is 32.5 Å². The van der Waals surface area contributed by atoms with Gasteiger partial charge in [0.2, 0.25) is 5.60 Å². The highest BCUT2D eigenvalue weighted by Gasteiger charge is 2.48. The molecule has 2 bridgehead atoms. The third-order valence-electron chi connectivity index (χ3n) is 6.36. The second kappa shape index (κ2) is 8.27. The van der Waals surface area contributed by atoms with Crippen molar-refractivity contribution in [3.63, 3.8) is 0 Å². The molecule has 0 spiro atoms. The zero-order valence-electron chi connectivity index (χ0n) is 17.2. The predicted molar refractivity (Wildman–Crippen MR) is 112 cm³/mol. The van der Waals surface area contributed by atoms with Gasteiger partial charge in [-0.3, -0.25) is 4.90 Å². The van der Waals surface area contributed by atoms with E-state index in [4.69, 9.17) is 4.74 Å². The summed E-state index contributed by atoms with van der Waals surface area (Å²) in [6.07, 6.45) is 1.87.